The highest BCUT2D eigenvalue weighted by Crippen LogP contribution is 2.29. The predicted molar refractivity (Wildman–Crippen MR) is 105 cm³/mol. The molecule has 0 unspecified atom stereocenters. The molecule has 2 aromatic carbocycles. The normalized spacial score (nSPS) is 10.3. The van der Waals surface area contributed by atoms with E-state index in [0.29, 0.717) is 29.2 Å². The lowest BCUT2D eigenvalue weighted by molar-refractivity contribution is 0.102. The minimum Gasteiger partial charge on any atom is -0.504 e. The quantitative estimate of drug-likeness (QED) is 0.617. The van der Waals surface area contributed by atoms with Crippen LogP contribution in [0.1, 0.15) is 21.5 Å². The van der Waals surface area contributed by atoms with Crippen molar-refractivity contribution in [1.82, 2.24) is 4.98 Å². The minimum absolute atomic E-state index is 0.0987. The SMILES string of the molecule is COc1cccc(CNc2ccc(C(=O)Nc3ccc(C)cc3)cn2)c1O. The van der Waals surface area contributed by atoms with Gasteiger partial charge in [0.05, 0.1) is 12.7 Å². The van der Waals surface area contributed by atoms with Gasteiger partial charge >= 0.3 is 0 Å². The van der Waals surface area contributed by atoms with Gasteiger partial charge in [0.25, 0.3) is 5.91 Å². The molecule has 0 aliphatic rings. The molecule has 1 aromatic heterocycles. The first kappa shape index (κ1) is 18.3. The van der Waals surface area contributed by atoms with Gasteiger partial charge < -0.3 is 20.5 Å². The summed E-state index contributed by atoms with van der Waals surface area (Å²) < 4.78 is 5.10. The summed E-state index contributed by atoms with van der Waals surface area (Å²) in [7, 11) is 1.51. The third-order valence-electron chi connectivity index (χ3n) is 4.10. The van der Waals surface area contributed by atoms with E-state index in [4.69, 9.17) is 4.74 Å². The Kier molecular flexibility index (Phi) is 5.56. The number of nitrogens with zero attached hydrogens (tertiary/aromatic N) is 1. The predicted octanol–water partition coefficient (Wildman–Crippen LogP) is 3.97. The van der Waals surface area contributed by atoms with Crippen molar-refractivity contribution in [1.29, 1.82) is 0 Å². The number of anilines is 2. The van der Waals surface area contributed by atoms with E-state index in [1.807, 2.05) is 37.3 Å². The topological polar surface area (TPSA) is 83.5 Å². The zero-order chi connectivity index (χ0) is 19.2. The van der Waals surface area contributed by atoms with Crippen LogP contribution in [0.15, 0.2) is 60.8 Å². The summed E-state index contributed by atoms with van der Waals surface area (Å²) in [5.41, 5.74) is 3.02. The Morgan fingerprint density at radius 2 is 1.89 bits per heavy atom. The summed E-state index contributed by atoms with van der Waals surface area (Å²) in [6, 6.07) is 16.3. The van der Waals surface area contributed by atoms with E-state index >= 15 is 0 Å². The molecular weight excluding hydrogens is 342 g/mol. The fourth-order valence-corrected chi connectivity index (χ4v) is 2.53. The van der Waals surface area contributed by atoms with Crippen molar-refractivity contribution >= 4 is 17.4 Å². The molecule has 138 valence electrons. The molecule has 0 fully saturated rings. The zero-order valence-electron chi connectivity index (χ0n) is 15.2. The highest BCUT2D eigenvalue weighted by molar-refractivity contribution is 6.04. The number of nitrogens with one attached hydrogen (secondary N) is 2. The van der Waals surface area contributed by atoms with Crippen molar-refractivity contribution in [2.45, 2.75) is 13.5 Å². The summed E-state index contributed by atoms with van der Waals surface area (Å²) in [6.07, 6.45) is 1.51. The van der Waals surface area contributed by atoms with Gasteiger partial charge in [0, 0.05) is 24.0 Å². The molecule has 6 heteroatoms. The van der Waals surface area contributed by atoms with E-state index in [-0.39, 0.29) is 11.7 Å². The van der Waals surface area contributed by atoms with Crippen LogP contribution in [0.4, 0.5) is 11.5 Å². The number of methoxy groups -OCH3 is 1. The van der Waals surface area contributed by atoms with E-state index in [0.717, 1.165) is 11.3 Å². The van der Waals surface area contributed by atoms with E-state index < -0.39 is 0 Å². The molecule has 0 atom stereocenters. The third kappa shape index (κ3) is 4.55. The second-order valence-corrected chi connectivity index (χ2v) is 6.07. The number of phenols is 1. The maximum atomic E-state index is 12.3. The number of rotatable bonds is 6. The van der Waals surface area contributed by atoms with Crippen molar-refractivity contribution in [3.8, 4) is 11.5 Å². The van der Waals surface area contributed by atoms with Gasteiger partial charge in [-0.25, -0.2) is 4.98 Å². The average Bonchev–Trinajstić information content (AvgIpc) is 2.69. The first-order chi connectivity index (χ1) is 13.1. The number of aryl methyl sites for hydroxylation is 1. The number of carbonyl (C=O) groups excluding carboxylic acids is 1. The number of amides is 1. The van der Waals surface area contributed by atoms with E-state index in [2.05, 4.69) is 15.6 Å². The second-order valence-electron chi connectivity index (χ2n) is 6.07. The van der Waals surface area contributed by atoms with Crippen molar-refractivity contribution in [2.24, 2.45) is 0 Å². The number of hydrogen-bond acceptors (Lipinski definition) is 5. The van der Waals surface area contributed by atoms with Crippen molar-refractivity contribution in [2.75, 3.05) is 17.7 Å². The summed E-state index contributed by atoms with van der Waals surface area (Å²) >= 11 is 0. The number of para-hydroxylation sites is 1. The fourth-order valence-electron chi connectivity index (χ4n) is 2.53. The number of ether oxygens (including phenoxy) is 1. The van der Waals surface area contributed by atoms with Gasteiger partial charge in [0.15, 0.2) is 11.5 Å². The Morgan fingerprint density at radius 1 is 1.11 bits per heavy atom. The highest BCUT2D eigenvalue weighted by atomic mass is 16.5. The fraction of sp³-hybridized carbons (Fsp3) is 0.143. The number of hydrogen-bond donors (Lipinski definition) is 3. The number of aromatic nitrogens is 1. The molecule has 0 spiro atoms. The zero-order valence-corrected chi connectivity index (χ0v) is 15.2. The molecule has 0 bridgehead atoms. The highest BCUT2D eigenvalue weighted by Gasteiger charge is 2.09. The molecule has 3 rings (SSSR count). The molecule has 0 aliphatic carbocycles. The molecule has 3 aromatic rings. The molecule has 1 amide bonds. The standard InChI is InChI=1S/C21H21N3O3/c1-14-6-9-17(10-7-14)24-21(26)16-8-11-19(23-13-16)22-12-15-4-3-5-18(27-2)20(15)25/h3-11,13,25H,12H2,1-2H3,(H,22,23)(H,24,26). The molecule has 0 saturated carbocycles. The van der Waals surface area contributed by atoms with Gasteiger partial charge in [-0.15, -0.1) is 0 Å². The van der Waals surface area contributed by atoms with Crippen molar-refractivity contribution in [3.05, 3.63) is 77.5 Å². The molecule has 1 heterocycles. The van der Waals surface area contributed by atoms with Crippen LogP contribution in [0.25, 0.3) is 0 Å². The van der Waals surface area contributed by atoms with Crippen LogP contribution in [-0.4, -0.2) is 23.1 Å². The van der Waals surface area contributed by atoms with Gasteiger partial charge in [-0.2, -0.15) is 0 Å². The lowest BCUT2D eigenvalue weighted by Crippen LogP contribution is -2.12. The van der Waals surface area contributed by atoms with E-state index in [1.165, 1.54) is 13.3 Å². The van der Waals surface area contributed by atoms with E-state index in [9.17, 15) is 9.90 Å². The Bertz CT molecular complexity index is 922. The summed E-state index contributed by atoms with van der Waals surface area (Å²) in [4.78, 5) is 16.5. The smallest absolute Gasteiger partial charge is 0.257 e. The first-order valence-electron chi connectivity index (χ1n) is 8.49. The first-order valence-corrected chi connectivity index (χ1v) is 8.49. The second kappa shape index (κ2) is 8.23. The number of aromatic hydroxyl groups is 1. The molecule has 0 aliphatic heterocycles. The van der Waals surface area contributed by atoms with Crippen LogP contribution in [0, 0.1) is 6.92 Å². The van der Waals surface area contributed by atoms with Crippen LogP contribution >= 0.6 is 0 Å². The molecule has 3 N–H and O–H groups in total. The Labute approximate surface area is 157 Å². The number of phenolic OH excluding ortho intramolecular Hbond substituents is 1. The Morgan fingerprint density at radius 3 is 2.56 bits per heavy atom. The third-order valence-corrected chi connectivity index (χ3v) is 4.10. The van der Waals surface area contributed by atoms with Crippen molar-refractivity contribution < 1.29 is 14.6 Å². The summed E-state index contributed by atoms with van der Waals surface area (Å²) in [5.74, 6) is 0.902. The number of carbonyl (C=O) groups is 1. The maximum Gasteiger partial charge on any atom is 0.257 e. The number of benzene rings is 2. The lowest BCUT2D eigenvalue weighted by atomic mass is 10.2. The molecule has 27 heavy (non-hydrogen) atoms. The average molecular weight is 363 g/mol. The Hall–Kier alpha value is -3.54. The van der Waals surface area contributed by atoms with Gasteiger partial charge in [0.1, 0.15) is 5.82 Å². The summed E-state index contributed by atoms with van der Waals surface area (Å²) in [5, 5.41) is 16.1. The molecular formula is C21H21N3O3. The number of pyridine rings is 1. The van der Waals surface area contributed by atoms with Crippen LogP contribution in [0.2, 0.25) is 0 Å². The largest absolute Gasteiger partial charge is 0.504 e. The lowest BCUT2D eigenvalue weighted by Gasteiger charge is -2.10. The van der Waals surface area contributed by atoms with E-state index in [1.54, 1.807) is 24.3 Å². The van der Waals surface area contributed by atoms with Crippen LogP contribution in [-0.2, 0) is 6.54 Å². The van der Waals surface area contributed by atoms with Gasteiger partial charge in [-0.3, -0.25) is 4.79 Å². The monoisotopic (exact) mass is 363 g/mol. The maximum absolute atomic E-state index is 12.3. The molecule has 0 radical (unpaired) electrons. The van der Waals surface area contributed by atoms with Crippen LogP contribution in [0.3, 0.4) is 0 Å². The minimum atomic E-state index is -0.219. The Balaban J connectivity index is 1.61. The summed E-state index contributed by atoms with van der Waals surface area (Å²) in [6.45, 7) is 2.37. The van der Waals surface area contributed by atoms with Gasteiger partial charge in [0.2, 0.25) is 0 Å². The molecule has 0 saturated heterocycles. The van der Waals surface area contributed by atoms with Crippen molar-refractivity contribution in [3.63, 3.8) is 0 Å². The van der Waals surface area contributed by atoms with Gasteiger partial charge in [-0.05, 0) is 37.3 Å². The van der Waals surface area contributed by atoms with Crippen LogP contribution in [0.5, 0.6) is 11.5 Å². The van der Waals surface area contributed by atoms with Crippen LogP contribution < -0.4 is 15.4 Å². The van der Waals surface area contributed by atoms with Gasteiger partial charge in [-0.1, -0.05) is 29.8 Å². The molecule has 6 nitrogen and oxygen atoms in total.